The van der Waals surface area contributed by atoms with Crippen LogP contribution in [0.15, 0.2) is 24.3 Å². The minimum atomic E-state index is -0.394. The molecule has 2 rings (SSSR count). The molecule has 1 aliphatic heterocycles. The molecule has 1 fully saturated rings. The molecular formula is C14H18O3. The zero-order valence-electron chi connectivity index (χ0n) is 10.3. The predicted molar refractivity (Wildman–Crippen MR) is 64.7 cm³/mol. The number of unbranched alkanes of at least 4 members (excludes halogenated alkanes) is 1. The van der Waals surface area contributed by atoms with E-state index in [1.54, 1.807) is 0 Å². The van der Waals surface area contributed by atoms with Gasteiger partial charge >= 0.3 is 5.97 Å². The van der Waals surface area contributed by atoms with Crippen LogP contribution in [0.2, 0.25) is 0 Å². The van der Waals surface area contributed by atoms with Crippen molar-refractivity contribution in [3.8, 4) is 0 Å². The second-order valence-corrected chi connectivity index (χ2v) is 4.41. The van der Waals surface area contributed by atoms with Gasteiger partial charge in [0.05, 0.1) is 6.61 Å². The van der Waals surface area contributed by atoms with Gasteiger partial charge in [0, 0.05) is 0 Å². The first-order valence-corrected chi connectivity index (χ1v) is 6.11. The van der Waals surface area contributed by atoms with Crippen LogP contribution < -0.4 is 0 Å². The molecule has 0 amide bonds. The Morgan fingerprint density at radius 2 is 2.06 bits per heavy atom. The van der Waals surface area contributed by atoms with Crippen molar-refractivity contribution in [2.45, 2.75) is 38.9 Å². The van der Waals surface area contributed by atoms with E-state index in [2.05, 4.69) is 6.92 Å². The lowest BCUT2D eigenvalue weighted by Gasteiger charge is -2.01. The summed E-state index contributed by atoms with van der Waals surface area (Å²) < 4.78 is 10.5. The van der Waals surface area contributed by atoms with Crippen LogP contribution in [0.1, 0.15) is 37.0 Å². The van der Waals surface area contributed by atoms with Gasteiger partial charge in [0.25, 0.3) is 0 Å². The molecule has 92 valence electrons. The second-order valence-electron chi connectivity index (χ2n) is 4.41. The standard InChI is InChI=1S/C14H18O3/c1-3-4-9-16-14(15)13-12(17-13)11-7-5-10(2)6-8-11/h5-8,12-13H,3-4,9H2,1-2H3. The van der Waals surface area contributed by atoms with E-state index in [-0.39, 0.29) is 12.1 Å². The molecule has 1 aliphatic rings. The Hall–Kier alpha value is -1.35. The van der Waals surface area contributed by atoms with E-state index >= 15 is 0 Å². The van der Waals surface area contributed by atoms with Crippen LogP contribution in [0.3, 0.4) is 0 Å². The molecule has 0 aliphatic carbocycles. The molecule has 3 heteroatoms. The molecule has 2 atom stereocenters. The van der Waals surface area contributed by atoms with Crippen molar-refractivity contribution in [2.75, 3.05) is 6.61 Å². The average Bonchev–Trinajstić information content (AvgIpc) is 3.10. The lowest BCUT2D eigenvalue weighted by atomic mass is 10.1. The molecule has 0 N–H and O–H groups in total. The maximum Gasteiger partial charge on any atom is 0.338 e. The quantitative estimate of drug-likeness (QED) is 0.447. The van der Waals surface area contributed by atoms with Crippen LogP contribution in [0.25, 0.3) is 0 Å². The van der Waals surface area contributed by atoms with Crippen LogP contribution in [-0.4, -0.2) is 18.7 Å². The van der Waals surface area contributed by atoms with E-state index in [1.165, 1.54) is 5.56 Å². The summed E-state index contributed by atoms with van der Waals surface area (Å²) in [5.74, 6) is -0.232. The summed E-state index contributed by atoms with van der Waals surface area (Å²) in [6.45, 7) is 4.60. The number of hydrogen-bond acceptors (Lipinski definition) is 3. The molecule has 0 saturated carbocycles. The fourth-order valence-corrected chi connectivity index (χ4v) is 1.70. The van der Waals surface area contributed by atoms with Gasteiger partial charge in [-0.1, -0.05) is 43.2 Å². The fourth-order valence-electron chi connectivity index (χ4n) is 1.70. The van der Waals surface area contributed by atoms with Crippen molar-refractivity contribution in [3.63, 3.8) is 0 Å². The van der Waals surface area contributed by atoms with Gasteiger partial charge in [-0.25, -0.2) is 4.79 Å². The van der Waals surface area contributed by atoms with Gasteiger partial charge in [0.15, 0.2) is 6.10 Å². The predicted octanol–water partition coefficient (Wildman–Crippen LogP) is 2.78. The highest BCUT2D eigenvalue weighted by Crippen LogP contribution is 2.39. The summed E-state index contributed by atoms with van der Waals surface area (Å²) in [7, 11) is 0. The van der Waals surface area contributed by atoms with Crippen molar-refractivity contribution in [1.82, 2.24) is 0 Å². The lowest BCUT2D eigenvalue weighted by Crippen LogP contribution is -2.13. The minimum absolute atomic E-state index is 0.107. The third-order valence-electron chi connectivity index (χ3n) is 2.87. The number of benzene rings is 1. The van der Waals surface area contributed by atoms with Gasteiger partial charge in [0.1, 0.15) is 6.10 Å². The van der Waals surface area contributed by atoms with Gasteiger partial charge < -0.3 is 9.47 Å². The molecule has 0 aromatic heterocycles. The Morgan fingerprint density at radius 1 is 1.35 bits per heavy atom. The minimum Gasteiger partial charge on any atom is -0.464 e. The maximum atomic E-state index is 11.6. The second kappa shape index (κ2) is 5.32. The first kappa shape index (κ1) is 12.1. The summed E-state index contributed by atoms with van der Waals surface area (Å²) in [6.07, 6.45) is 1.44. The molecule has 0 bridgehead atoms. The van der Waals surface area contributed by atoms with Gasteiger partial charge in [-0.2, -0.15) is 0 Å². The van der Waals surface area contributed by atoms with Gasteiger partial charge in [-0.05, 0) is 18.9 Å². The van der Waals surface area contributed by atoms with Crippen molar-refractivity contribution >= 4 is 5.97 Å². The molecule has 0 radical (unpaired) electrons. The van der Waals surface area contributed by atoms with Crippen LogP contribution in [0.4, 0.5) is 0 Å². The first-order chi connectivity index (χ1) is 8.22. The molecule has 1 saturated heterocycles. The Morgan fingerprint density at radius 3 is 2.71 bits per heavy atom. The van der Waals surface area contributed by atoms with Gasteiger partial charge in [0.2, 0.25) is 0 Å². The van der Waals surface area contributed by atoms with Crippen molar-refractivity contribution in [2.24, 2.45) is 0 Å². The summed E-state index contributed by atoms with van der Waals surface area (Å²) in [4.78, 5) is 11.6. The number of hydrogen-bond donors (Lipinski definition) is 0. The first-order valence-electron chi connectivity index (χ1n) is 6.11. The Labute approximate surface area is 102 Å². The lowest BCUT2D eigenvalue weighted by molar-refractivity contribution is -0.145. The monoisotopic (exact) mass is 234 g/mol. The zero-order valence-corrected chi connectivity index (χ0v) is 10.3. The average molecular weight is 234 g/mol. The van der Waals surface area contributed by atoms with Gasteiger partial charge in [-0.3, -0.25) is 0 Å². The smallest absolute Gasteiger partial charge is 0.338 e. The number of carbonyl (C=O) groups excluding carboxylic acids is 1. The molecule has 3 nitrogen and oxygen atoms in total. The normalized spacial score (nSPS) is 22.2. The number of rotatable bonds is 5. The van der Waals surface area contributed by atoms with E-state index in [9.17, 15) is 4.79 Å². The Bertz CT molecular complexity index is 383. The van der Waals surface area contributed by atoms with Crippen molar-refractivity contribution < 1.29 is 14.3 Å². The van der Waals surface area contributed by atoms with Crippen LogP contribution in [0.5, 0.6) is 0 Å². The zero-order chi connectivity index (χ0) is 12.3. The third-order valence-corrected chi connectivity index (χ3v) is 2.87. The molecule has 1 aromatic carbocycles. The summed E-state index contributed by atoms with van der Waals surface area (Å²) >= 11 is 0. The van der Waals surface area contributed by atoms with Gasteiger partial charge in [-0.15, -0.1) is 0 Å². The van der Waals surface area contributed by atoms with E-state index in [0.29, 0.717) is 6.61 Å². The number of ether oxygens (including phenoxy) is 2. The van der Waals surface area contributed by atoms with E-state index < -0.39 is 6.10 Å². The van der Waals surface area contributed by atoms with E-state index in [4.69, 9.17) is 9.47 Å². The number of carbonyl (C=O) groups is 1. The maximum absolute atomic E-state index is 11.6. The van der Waals surface area contributed by atoms with E-state index in [0.717, 1.165) is 18.4 Å². The highest BCUT2D eigenvalue weighted by Gasteiger charge is 2.47. The van der Waals surface area contributed by atoms with Crippen LogP contribution in [-0.2, 0) is 14.3 Å². The summed E-state index contributed by atoms with van der Waals surface area (Å²) in [5.41, 5.74) is 2.25. The molecule has 17 heavy (non-hydrogen) atoms. The van der Waals surface area contributed by atoms with Crippen LogP contribution in [0, 0.1) is 6.92 Å². The Kier molecular flexibility index (Phi) is 3.79. The number of epoxide rings is 1. The molecule has 2 unspecified atom stereocenters. The highest BCUT2D eigenvalue weighted by molar-refractivity contribution is 5.78. The van der Waals surface area contributed by atoms with Crippen molar-refractivity contribution in [3.05, 3.63) is 35.4 Å². The number of esters is 1. The molecule has 1 aromatic rings. The third kappa shape index (κ3) is 3.07. The molecular weight excluding hydrogens is 216 g/mol. The summed E-state index contributed by atoms with van der Waals surface area (Å²) in [5, 5.41) is 0. The molecule has 0 spiro atoms. The summed E-state index contributed by atoms with van der Waals surface area (Å²) in [6, 6.07) is 8.05. The highest BCUT2D eigenvalue weighted by atomic mass is 16.6. The SMILES string of the molecule is CCCCOC(=O)C1OC1c1ccc(C)cc1. The van der Waals surface area contributed by atoms with Crippen LogP contribution >= 0.6 is 0 Å². The topological polar surface area (TPSA) is 38.8 Å². The fraction of sp³-hybridized carbons (Fsp3) is 0.500. The Balaban J connectivity index is 1.83. The number of aryl methyl sites for hydroxylation is 1. The largest absolute Gasteiger partial charge is 0.464 e. The van der Waals surface area contributed by atoms with E-state index in [1.807, 2.05) is 31.2 Å². The molecule has 1 heterocycles. The van der Waals surface area contributed by atoms with Crippen molar-refractivity contribution in [1.29, 1.82) is 0 Å².